The summed E-state index contributed by atoms with van der Waals surface area (Å²) in [5.74, 6) is 0. The van der Waals surface area contributed by atoms with E-state index in [-0.39, 0.29) is 0 Å². The topological polar surface area (TPSA) is 3.24 Å². The molecule has 1 nitrogen and oxygen atoms in total. The summed E-state index contributed by atoms with van der Waals surface area (Å²) in [4.78, 5) is 2.69. The molecule has 12 heavy (non-hydrogen) atoms. The van der Waals surface area contributed by atoms with Crippen LogP contribution >= 0.6 is 0 Å². The third kappa shape index (κ3) is 2.78. The number of hydrogen-bond acceptors (Lipinski definition) is 1. The molecule has 1 heterocycles. The van der Waals surface area contributed by atoms with Gasteiger partial charge in [0, 0.05) is 6.04 Å². The highest BCUT2D eigenvalue weighted by molar-refractivity contribution is 4.77. The zero-order chi connectivity index (χ0) is 8.81. The monoisotopic (exact) mass is 169 g/mol. The molecule has 0 spiro atoms. The molecule has 1 heteroatoms. The molecule has 0 bridgehead atoms. The standard InChI is InChI=1S/C11H23N/c1-3-5-6-9-12-10-7-8-11(12)4-2/h11H,3-10H2,1-2H3. The van der Waals surface area contributed by atoms with E-state index in [1.54, 1.807) is 0 Å². The average Bonchev–Trinajstić information content (AvgIpc) is 2.52. The Hall–Kier alpha value is -0.0400. The molecular weight excluding hydrogens is 146 g/mol. The van der Waals surface area contributed by atoms with Crippen LogP contribution < -0.4 is 0 Å². The SMILES string of the molecule is CCCCCN1CCCC1CC. The summed E-state index contributed by atoms with van der Waals surface area (Å²) >= 11 is 0. The highest BCUT2D eigenvalue weighted by Crippen LogP contribution is 2.19. The molecule has 0 aromatic heterocycles. The van der Waals surface area contributed by atoms with Crippen molar-refractivity contribution < 1.29 is 0 Å². The normalized spacial score (nSPS) is 25.0. The average molecular weight is 169 g/mol. The zero-order valence-electron chi connectivity index (χ0n) is 8.68. The quantitative estimate of drug-likeness (QED) is 0.572. The molecule has 0 amide bonds. The van der Waals surface area contributed by atoms with Crippen LogP contribution in [0, 0.1) is 0 Å². The van der Waals surface area contributed by atoms with Crippen molar-refractivity contribution in [2.24, 2.45) is 0 Å². The highest BCUT2D eigenvalue weighted by Gasteiger charge is 2.21. The van der Waals surface area contributed by atoms with Crippen molar-refractivity contribution in [3.63, 3.8) is 0 Å². The van der Waals surface area contributed by atoms with Gasteiger partial charge in [-0.3, -0.25) is 0 Å². The Balaban J connectivity index is 2.12. The maximum absolute atomic E-state index is 2.69. The van der Waals surface area contributed by atoms with Crippen molar-refractivity contribution >= 4 is 0 Å². The Bertz CT molecular complexity index is 112. The van der Waals surface area contributed by atoms with Gasteiger partial charge in [-0.15, -0.1) is 0 Å². The van der Waals surface area contributed by atoms with Crippen LogP contribution in [-0.2, 0) is 0 Å². The van der Waals surface area contributed by atoms with Gasteiger partial charge in [-0.2, -0.15) is 0 Å². The van der Waals surface area contributed by atoms with Crippen molar-refractivity contribution in [2.45, 2.75) is 58.4 Å². The van der Waals surface area contributed by atoms with Crippen LogP contribution in [0.15, 0.2) is 0 Å². The van der Waals surface area contributed by atoms with Gasteiger partial charge in [0.25, 0.3) is 0 Å². The minimum absolute atomic E-state index is 0.918. The summed E-state index contributed by atoms with van der Waals surface area (Å²) < 4.78 is 0. The van der Waals surface area contributed by atoms with E-state index in [0.29, 0.717) is 0 Å². The Morgan fingerprint density at radius 3 is 2.75 bits per heavy atom. The fourth-order valence-electron chi connectivity index (χ4n) is 2.22. The second kappa shape index (κ2) is 5.58. The van der Waals surface area contributed by atoms with E-state index in [2.05, 4.69) is 18.7 Å². The van der Waals surface area contributed by atoms with Gasteiger partial charge in [0.15, 0.2) is 0 Å². The van der Waals surface area contributed by atoms with Crippen LogP contribution in [0.4, 0.5) is 0 Å². The van der Waals surface area contributed by atoms with Gasteiger partial charge < -0.3 is 4.90 Å². The molecule has 0 saturated carbocycles. The third-order valence-corrected chi connectivity index (χ3v) is 3.02. The Morgan fingerprint density at radius 1 is 1.25 bits per heavy atom. The molecular formula is C11H23N. The smallest absolute Gasteiger partial charge is 0.00931 e. The number of unbranched alkanes of at least 4 members (excludes halogenated alkanes) is 2. The van der Waals surface area contributed by atoms with Crippen molar-refractivity contribution in [1.82, 2.24) is 4.90 Å². The van der Waals surface area contributed by atoms with Crippen LogP contribution in [0.25, 0.3) is 0 Å². The summed E-state index contributed by atoms with van der Waals surface area (Å²) in [6.07, 6.45) is 8.41. The molecule has 72 valence electrons. The minimum atomic E-state index is 0.918. The Kier molecular flexibility index (Phi) is 4.67. The lowest BCUT2D eigenvalue weighted by Crippen LogP contribution is -2.29. The predicted molar refractivity (Wildman–Crippen MR) is 54.4 cm³/mol. The lowest BCUT2D eigenvalue weighted by atomic mass is 10.1. The molecule has 1 rings (SSSR count). The minimum Gasteiger partial charge on any atom is -0.300 e. The van der Waals surface area contributed by atoms with Gasteiger partial charge >= 0.3 is 0 Å². The van der Waals surface area contributed by atoms with E-state index in [1.807, 2.05) is 0 Å². The van der Waals surface area contributed by atoms with Crippen LogP contribution in [0.2, 0.25) is 0 Å². The summed E-state index contributed by atoms with van der Waals surface area (Å²) in [6.45, 7) is 7.32. The molecule has 0 aliphatic carbocycles. The fourth-order valence-corrected chi connectivity index (χ4v) is 2.22. The van der Waals surface area contributed by atoms with Gasteiger partial charge in [-0.25, -0.2) is 0 Å². The molecule has 1 saturated heterocycles. The Labute approximate surface area is 77.1 Å². The van der Waals surface area contributed by atoms with Gasteiger partial charge in [0.1, 0.15) is 0 Å². The number of rotatable bonds is 5. The van der Waals surface area contributed by atoms with Crippen molar-refractivity contribution in [3.05, 3.63) is 0 Å². The first-order valence-electron chi connectivity index (χ1n) is 5.62. The molecule has 0 N–H and O–H groups in total. The van der Waals surface area contributed by atoms with Gasteiger partial charge in [0.05, 0.1) is 0 Å². The third-order valence-electron chi connectivity index (χ3n) is 3.02. The molecule has 1 fully saturated rings. The maximum atomic E-state index is 2.69. The van der Waals surface area contributed by atoms with Crippen LogP contribution in [0.5, 0.6) is 0 Å². The van der Waals surface area contributed by atoms with E-state index < -0.39 is 0 Å². The molecule has 0 radical (unpaired) electrons. The van der Waals surface area contributed by atoms with Gasteiger partial charge in [-0.05, 0) is 38.8 Å². The van der Waals surface area contributed by atoms with E-state index in [4.69, 9.17) is 0 Å². The molecule has 0 aromatic carbocycles. The van der Waals surface area contributed by atoms with Crippen LogP contribution in [0.1, 0.15) is 52.4 Å². The lowest BCUT2D eigenvalue weighted by Gasteiger charge is -2.22. The fraction of sp³-hybridized carbons (Fsp3) is 1.00. The summed E-state index contributed by atoms with van der Waals surface area (Å²) in [5.41, 5.74) is 0. The van der Waals surface area contributed by atoms with E-state index in [1.165, 1.54) is 51.6 Å². The van der Waals surface area contributed by atoms with E-state index in [0.717, 1.165) is 6.04 Å². The first-order chi connectivity index (χ1) is 5.88. The largest absolute Gasteiger partial charge is 0.300 e. The lowest BCUT2D eigenvalue weighted by molar-refractivity contribution is 0.243. The van der Waals surface area contributed by atoms with Crippen molar-refractivity contribution in [3.8, 4) is 0 Å². The van der Waals surface area contributed by atoms with Gasteiger partial charge in [-0.1, -0.05) is 26.7 Å². The maximum Gasteiger partial charge on any atom is 0.00931 e. The summed E-state index contributed by atoms with van der Waals surface area (Å²) in [7, 11) is 0. The molecule has 1 atom stereocenters. The van der Waals surface area contributed by atoms with Crippen molar-refractivity contribution in [1.29, 1.82) is 0 Å². The van der Waals surface area contributed by atoms with E-state index >= 15 is 0 Å². The first kappa shape index (κ1) is 10.0. The van der Waals surface area contributed by atoms with Crippen LogP contribution in [-0.4, -0.2) is 24.0 Å². The second-order valence-electron chi connectivity index (χ2n) is 3.95. The number of likely N-dealkylation sites (tertiary alicyclic amines) is 1. The van der Waals surface area contributed by atoms with Gasteiger partial charge in [0.2, 0.25) is 0 Å². The highest BCUT2D eigenvalue weighted by atomic mass is 15.2. The van der Waals surface area contributed by atoms with E-state index in [9.17, 15) is 0 Å². The molecule has 0 aromatic rings. The molecule has 1 unspecified atom stereocenters. The van der Waals surface area contributed by atoms with Crippen LogP contribution in [0.3, 0.4) is 0 Å². The first-order valence-corrected chi connectivity index (χ1v) is 5.62. The zero-order valence-corrected chi connectivity index (χ0v) is 8.68. The van der Waals surface area contributed by atoms with Crippen molar-refractivity contribution in [2.75, 3.05) is 13.1 Å². The molecule has 1 aliphatic heterocycles. The number of nitrogens with zero attached hydrogens (tertiary/aromatic N) is 1. The summed E-state index contributed by atoms with van der Waals surface area (Å²) in [6, 6.07) is 0.918. The number of hydrogen-bond donors (Lipinski definition) is 0. The second-order valence-corrected chi connectivity index (χ2v) is 3.95. The molecule has 1 aliphatic rings. The Morgan fingerprint density at radius 2 is 2.08 bits per heavy atom. The summed E-state index contributed by atoms with van der Waals surface area (Å²) in [5, 5.41) is 0. The predicted octanol–water partition coefficient (Wildman–Crippen LogP) is 3.05.